The zero-order valence-electron chi connectivity index (χ0n) is 17.2. The van der Waals surface area contributed by atoms with Crippen molar-refractivity contribution in [2.75, 3.05) is 0 Å². The number of benzene rings is 2. The van der Waals surface area contributed by atoms with E-state index in [4.69, 9.17) is 16.0 Å². The highest BCUT2D eigenvalue weighted by Gasteiger charge is 2.35. The fraction of sp³-hybridized carbons (Fsp3) is 0.174. The summed E-state index contributed by atoms with van der Waals surface area (Å²) in [7, 11) is 0. The van der Waals surface area contributed by atoms with Crippen molar-refractivity contribution in [3.8, 4) is 11.4 Å². The average Bonchev–Trinajstić information content (AvgIpc) is 3.55. The lowest BCUT2D eigenvalue weighted by atomic mass is 10.0. The standard InChI is InChI=1S/C23H19ClN6O2/c1-15-4-6-17(7-5-15)23-25-28-29(27-23)14-22(31)30-20(21-3-2-12-32-21)13-19(26-30)16-8-10-18(24)11-9-16/h2-12,20H,13-14H2,1H3/t20-/m1/s1. The number of hydrazone groups is 1. The summed E-state index contributed by atoms with van der Waals surface area (Å²) in [6.45, 7) is 1.92. The molecule has 0 saturated carbocycles. The maximum absolute atomic E-state index is 13.2. The molecular formula is C23H19ClN6O2. The van der Waals surface area contributed by atoms with Crippen LogP contribution in [0.3, 0.4) is 0 Å². The molecule has 4 aromatic rings. The van der Waals surface area contributed by atoms with E-state index in [-0.39, 0.29) is 18.5 Å². The van der Waals surface area contributed by atoms with Crippen LogP contribution >= 0.6 is 11.6 Å². The van der Waals surface area contributed by atoms with E-state index in [9.17, 15) is 4.79 Å². The van der Waals surface area contributed by atoms with Gasteiger partial charge < -0.3 is 4.42 Å². The van der Waals surface area contributed by atoms with Gasteiger partial charge in [0.25, 0.3) is 5.91 Å². The van der Waals surface area contributed by atoms with Crippen LogP contribution in [0.15, 0.2) is 76.4 Å². The van der Waals surface area contributed by atoms with Crippen LogP contribution in [0.4, 0.5) is 0 Å². The van der Waals surface area contributed by atoms with Crippen LogP contribution in [-0.4, -0.2) is 36.8 Å². The molecule has 8 nitrogen and oxygen atoms in total. The molecule has 0 fully saturated rings. The van der Waals surface area contributed by atoms with Gasteiger partial charge in [0.05, 0.1) is 12.0 Å². The Morgan fingerprint density at radius 2 is 1.84 bits per heavy atom. The summed E-state index contributed by atoms with van der Waals surface area (Å²) >= 11 is 6.01. The summed E-state index contributed by atoms with van der Waals surface area (Å²) < 4.78 is 5.58. The fourth-order valence-corrected chi connectivity index (χ4v) is 3.71. The minimum atomic E-state index is -0.344. The molecule has 5 rings (SSSR count). The van der Waals surface area contributed by atoms with Crippen molar-refractivity contribution in [3.63, 3.8) is 0 Å². The zero-order valence-corrected chi connectivity index (χ0v) is 18.0. The van der Waals surface area contributed by atoms with E-state index in [1.807, 2.05) is 49.4 Å². The van der Waals surface area contributed by atoms with Gasteiger partial charge in [-0.05, 0) is 42.0 Å². The lowest BCUT2D eigenvalue weighted by Gasteiger charge is -2.19. The lowest BCUT2D eigenvalue weighted by molar-refractivity contribution is -0.134. The van der Waals surface area contributed by atoms with Crippen LogP contribution < -0.4 is 0 Å². The van der Waals surface area contributed by atoms with Gasteiger partial charge in [0.1, 0.15) is 18.3 Å². The van der Waals surface area contributed by atoms with Gasteiger partial charge in [-0.2, -0.15) is 9.90 Å². The average molecular weight is 447 g/mol. The van der Waals surface area contributed by atoms with Crippen LogP contribution in [0.2, 0.25) is 5.02 Å². The Kier molecular flexibility index (Phi) is 5.28. The minimum absolute atomic E-state index is 0.0898. The van der Waals surface area contributed by atoms with E-state index < -0.39 is 0 Å². The number of aromatic nitrogens is 4. The van der Waals surface area contributed by atoms with E-state index in [0.717, 1.165) is 22.4 Å². The largest absolute Gasteiger partial charge is 0.467 e. The van der Waals surface area contributed by atoms with E-state index in [1.165, 1.54) is 9.81 Å². The Bertz CT molecular complexity index is 1260. The van der Waals surface area contributed by atoms with Crippen molar-refractivity contribution in [3.05, 3.63) is 88.8 Å². The predicted molar refractivity (Wildman–Crippen MR) is 119 cm³/mol. The quantitative estimate of drug-likeness (QED) is 0.456. The molecule has 0 aliphatic carbocycles. The molecule has 32 heavy (non-hydrogen) atoms. The molecule has 1 aliphatic rings. The van der Waals surface area contributed by atoms with Crippen LogP contribution in [0.5, 0.6) is 0 Å². The molecule has 9 heteroatoms. The first-order chi connectivity index (χ1) is 15.6. The Hall–Kier alpha value is -3.78. The Balaban J connectivity index is 1.39. The first-order valence-electron chi connectivity index (χ1n) is 10.1. The Morgan fingerprint density at radius 1 is 1.09 bits per heavy atom. The van der Waals surface area contributed by atoms with Crippen LogP contribution in [0.1, 0.15) is 29.3 Å². The van der Waals surface area contributed by atoms with Crippen LogP contribution in [-0.2, 0) is 11.3 Å². The first-order valence-corrected chi connectivity index (χ1v) is 10.5. The molecule has 0 N–H and O–H groups in total. The Labute approximate surface area is 189 Å². The Morgan fingerprint density at radius 3 is 2.56 bits per heavy atom. The van der Waals surface area contributed by atoms with Crippen LogP contribution in [0, 0.1) is 6.92 Å². The number of rotatable bonds is 5. The van der Waals surface area contributed by atoms with Gasteiger partial charge in [-0.3, -0.25) is 4.79 Å². The molecule has 0 spiro atoms. The van der Waals surface area contributed by atoms with E-state index in [1.54, 1.807) is 24.5 Å². The highest BCUT2D eigenvalue weighted by molar-refractivity contribution is 6.30. The smallest absolute Gasteiger partial charge is 0.267 e. The zero-order chi connectivity index (χ0) is 22.1. The normalized spacial score (nSPS) is 15.8. The number of carbonyl (C=O) groups excluding carboxylic acids is 1. The molecule has 0 unspecified atom stereocenters. The molecule has 0 saturated heterocycles. The van der Waals surface area contributed by atoms with E-state index in [2.05, 4.69) is 20.5 Å². The van der Waals surface area contributed by atoms with Gasteiger partial charge in [-0.25, -0.2) is 5.01 Å². The lowest BCUT2D eigenvalue weighted by Crippen LogP contribution is -2.31. The molecule has 160 valence electrons. The van der Waals surface area contributed by atoms with Crippen molar-refractivity contribution < 1.29 is 9.21 Å². The number of amides is 1. The monoisotopic (exact) mass is 446 g/mol. The maximum atomic E-state index is 13.2. The second-order valence-electron chi connectivity index (χ2n) is 7.54. The second kappa shape index (κ2) is 8.39. The molecule has 1 amide bonds. The number of carbonyl (C=O) groups is 1. The van der Waals surface area contributed by atoms with Crippen molar-refractivity contribution in [1.82, 2.24) is 25.2 Å². The number of tetrazole rings is 1. The summed E-state index contributed by atoms with van der Waals surface area (Å²) in [5.41, 5.74) is 3.67. The predicted octanol–water partition coefficient (Wildman–Crippen LogP) is 4.27. The van der Waals surface area contributed by atoms with Crippen molar-refractivity contribution in [2.45, 2.75) is 25.9 Å². The van der Waals surface area contributed by atoms with Crippen molar-refractivity contribution in [1.29, 1.82) is 0 Å². The summed E-state index contributed by atoms with van der Waals surface area (Å²) in [5, 5.41) is 19.2. The molecule has 1 aliphatic heterocycles. The number of hydrogen-bond donors (Lipinski definition) is 0. The third kappa shape index (κ3) is 4.04. The highest BCUT2D eigenvalue weighted by atomic mass is 35.5. The topological polar surface area (TPSA) is 89.4 Å². The molecule has 3 heterocycles. The third-order valence-electron chi connectivity index (χ3n) is 5.25. The fourth-order valence-electron chi connectivity index (χ4n) is 3.58. The number of halogens is 1. The van der Waals surface area contributed by atoms with Gasteiger partial charge in [0.15, 0.2) is 0 Å². The molecule has 2 aromatic heterocycles. The second-order valence-corrected chi connectivity index (χ2v) is 7.97. The molecule has 0 radical (unpaired) electrons. The van der Waals surface area contributed by atoms with Crippen molar-refractivity contribution in [2.24, 2.45) is 5.10 Å². The summed E-state index contributed by atoms with van der Waals surface area (Å²) in [6, 6.07) is 18.5. The number of hydrogen-bond acceptors (Lipinski definition) is 6. The molecule has 2 aromatic carbocycles. The van der Waals surface area contributed by atoms with Crippen molar-refractivity contribution >= 4 is 23.2 Å². The summed E-state index contributed by atoms with van der Waals surface area (Å²) in [6.07, 6.45) is 2.12. The minimum Gasteiger partial charge on any atom is -0.467 e. The van der Waals surface area contributed by atoms with Gasteiger partial charge in [0, 0.05) is 17.0 Å². The van der Waals surface area contributed by atoms with Gasteiger partial charge in [-0.1, -0.05) is 53.6 Å². The molecule has 1 atom stereocenters. The molecular weight excluding hydrogens is 428 g/mol. The van der Waals surface area contributed by atoms with Crippen LogP contribution in [0.25, 0.3) is 11.4 Å². The maximum Gasteiger partial charge on any atom is 0.267 e. The summed E-state index contributed by atoms with van der Waals surface area (Å²) in [4.78, 5) is 14.5. The summed E-state index contributed by atoms with van der Waals surface area (Å²) in [5.74, 6) is 0.869. The number of aryl methyl sites for hydroxylation is 1. The van der Waals surface area contributed by atoms with Gasteiger partial charge >= 0.3 is 0 Å². The van der Waals surface area contributed by atoms with Gasteiger partial charge in [-0.15, -0.1) is 10.2 Å². The molecule has 0 bridgehead atoms. The first kappa shape index (κ1) is 20.1. The van der Waals surface area contributed by atoms with E-state index in [0.29, 0.717) is 23.0 Å². The SMILES string of the molecule is Cc1ccc(-c2nnn(CC(=O)N3N=C(c4ccc(Cl)cc4)C[C@@H]3c3ccco3)n2)cc1. The highest BCUT2D eigenvalue weighted by Crippen LogP contribution is 2.33. The van der Waals surface area contributed by atoms with E-state index >= 15 is 0 Å². The number of nitrogens with zero attached hydrogens (tertiary/aromatic N) is 6. The number of furan rings is 1. The van der Waals surface area contributed by atoms with Gasteiger partial charge in [0.2, 0.25) is 5.82 Å². The third-order valence-corrected chi connectivity index (χ3v) is 5.51.